The largest absolute Gasteiger partial charge is 0.316 e. The molecule has 0 aromatic heterocycles. The van der Waals surface area contributed by atoms with Crippen LogP contribution in [0.4, 0.5) is 0 Å². The van der Waals surface area contributed by atoms with Crippen LogP contribution in [0.1, 0.15) is 40.5 Å². The Kier molecular flexibility index (Phi) is 8.67. The Morgan fingerprint density at radius 3 is 2.63 bits per heavy atom. The second kappa shape index (κ2) is 9.73. The third-order valence-electron chi connectivity index (χ3n) is 4.22. The molecule has 1 saturated heterocycles. The molecule has 0 aromatic rings. The molecular formula is C16H35N3. The maximum absolute atomic E-state index is 3.63. The summed E-state index contributed by atoms with van der Waals surface area (Å²) in [6, 6.07) is 0. The average molecular weight is 269 g/mol. The molecule has 3 heteroatoms. The number of rotatable bonds is 9. The zero-order valence-electron chi connectivity index (χ0n) is 13.6. The normalized spacial score (nSPS) is 21.5. The third kappa shape index (κ3) is 7.28. The molecular weight excluding hydrogens is 234 g/mol. The lowest BCUT2D eigenvalue weighted by Crippen LogP contribution is -2.43. The van der Waals surface area contributed by atoms with Gasteiger partial charge in [-0.05, 0) is 57.4 Å². The van der Waals surface area contributed by atoms with Crippen LogP contribution in [0.5, 0.6) is 0 Å². The molecule has 0 bridgehead atoms. The van der Waals surface area contributed by atoms with Gasteiger partial charge in [0.15, 0.2) is 0 Å². The van der Waals surface area contributed by atoms with E-state index in [9.17, 15) is 0 Å². The van der Waals surface area contributed by atoms with Crippen LogP contribution in [-0.2, 0) is 0 Å². The van der Waals surface area contributed by atoms with E-state index in [-0.39, 0.29) is 0 Å². The molecule has 1 atom stereocenters. The van der Waals surface area contributed by atoms with Crippen molar-refractivity contribution < 1.29 is 0 Å². The molecule has 1 rings (SSSR count). The molecule has 0 aliphatic carbocycles. The van der Waals surface area contributed by atoms with Crippen molar-refractivity contribution in [2.75, 3.05) is 52.4 Å². The van der Waals surface area contributed by atoms with Crippen molar-refractivity contribution in [3.63, 3.8) is 0 Å². The number of piperidine rings is 1. The van der Waals surface area contributed by atoms with Crippen molar-refractivity contribution >= 4 is 0 Å². The Balaban J connectivity index is 2.18. The minimum Gasteiger partial charge on any atom is -0.316 e. The topological polar surface area (TPSA) is 18.5 Å². The third-order valence-corrected chi connectivity index (χ3v) is 4.22. The molecule has 0 aromatic carbocycles. The quantitative estimate of drug-likeness (QED) is 0.693. The van der Waals surface area contributed by atoms with Crippen molar-refractivity contribution in [1.82, 2.24) is 15.1 Å². The number of hydrogen-bond donors (Lipinski definition) is 1. The van der Waals surface area contributed by atoms with Crippen LogP contribution in [0.2, 0.25) is 0 Å². The summed E-state index contributed by atoms with van der Waals surface area (Å²) in [6.45, 7) is 18.9. The molecule has 1 N–H and O–H groups in total. The first-order valence-electron chi connectivity index (χ1n) is 8.31. The van der Waals surface area contributed by atoms with Crippen LogP contribution >= 0.6 is 0 Å². The number of nitrogens with zero attached hydrogens (tertiary/aromatic N) is 2. The summed E-state index contributed by atoms with van der Waals surface area (Å²) in [6.07, 6.45) is 2.79. The standard InChI is InChI=1S/C16H35N3/c1-5-18(6-2)10-11-19-9-7-8-16(14-19)13-17-12-15(3)4/h15-17H,5-14H2,1-4H3. The zero-order chi connectivity index (χ0) is 14.1. The Morgan fingerprint density at radius 2 is 2.00 bits per heavy atom. The van der Waals surface area contributed by atoms with Crippen LogP contribution < -0.4 is 5.32 Å². The first kappa shape index (κ1) is 16.9. The van der Waals surface area contributed by atoms with Gasteiger partial charge in [0.05, 0.1) is 0 Å². The molecule has 0 spiro atoms. The minimum absolute atomic E-state index is 0.766. The molecule has 0 radical (unpaired) electrons. The monoisotopic (exact) mass is 269 g/mol. The lowest BCUT2D eigenvalue weighted by Gasteiger charge is -2.34. The SMILES string of the molecule is CCN(CC)CCN1CCCC(CNCC(C)C)C1. The van der Waals surface area contributed by atoms with E-state index in [1.54, 1.807) is 0 Å². The fourth-order valence-corrected chi connectivity index (χ4v) is 2.92. The lowest BCUT2D eigenvalue weighted by molar-refractivity contribution is 0.150. The van der Waals surface area contributed by atoms with Crippen LogP contribution in [-0.4, -0.2) is 62.2 Å². The van der Waals surface area contributed by atoms with E-state index < -0.39 is 0 Å². The predicted octanol–water partition coefficient (Wildman–Crippen LogP) is 2.29. The van der Waals surface area contributed by atoms with Crippen molar-refractivity contribution in [3.8, 4) is 0 Å². The van der Waals surface area contributed by atoms with Gasteiger partial charge in [0.1, 0.15) is 0 Å². The van der Waals surface area contributed by atoms with Gasteiger partial charge in [-0.15, -0.1) is 0 Å². The summed E-state index contributed by atoms with van der Waals surface area (Å²) in [7, 11) is 0. The minimum atomic E-state index is 0.766. The van der Waals surface area contributed by atoms with Gasteiger partial charge >= 0.3 is 0 Å². The number of hydrogen-bond acceptors (Lipinski definition) is 3. The highest BCUT2D eigenvalue weighted by molar-refractivity contribution is 4.75. The summed E-state index contributed by atoms with van der Waals surface area (Å²) in [5.74, 6) is 1.63. The molecule has 1 aliphatic heterocycles. The second-order valence-corrected chi connectivity index (χ2v) is 6.39. The highest BCUT2D eigenvalue weighted by atomic mass is 15.2. The van der Waals surface area contributed by atoms with Gasteiger partial charge in [-0.3, -0.25) is 0 Å². The lowest BCUT2D eigenvalue weighted by atomic mass is 9.98. The van der Waals surface area contributed by atoms with Gasteiger partial charge in [0.25, 0.3) is 0 Å². The molecule has 1 fully saturated rings. The van der Waals surface area contributed by atoms with Gasteiger partial charge in [0, 0.05) is 19.6 Å². The average Bonchev–Trinajstić information content (AvgIpc) is 2.40. The van der Waals surface area contributed by atoms with Gasteiger partial charge < -0.3 is 15.1 Å². The van der Waals surface area contributed by atoms with E-state index in [0.717, 1.165) is 18.4 Å². The fraction of sp³-hybridized carbons (Fsp3) is 1.00. The van der Waals surface area contributed by atoms with Crippen LogP contribution in [0.25, 0.3) is 0 Å². The summed E-state index contributed by atoms with van der Waals surface area (Å²) in [5, 5.41) is 3.63. The number of likely N-dealkylation sites (tertiary alicyclic amines) is 1. The Morgan fingerprint density at radius 1 is 1.26 bits per heavy atom. The molecule has 1 heterocycles. The van der Waals surface area contributed by atoms with Crippen molar-refractivity contribution in [3.05, 3.63) is 0 Å². The van der Waals surface area contributed by atoms with E-state index in [1.165, 1.54) is 58.7 Å². The van der Waals surface area contributed by atoms with Crippen LogP contribution in [0.15, 0.2) is 0 Å². The summed E-state index contributed by atoms with van der Waals surface area (Å²) < 4.78 is 0. The molecule has 1 unspecified atom stereocenters. The molecule has 3 nitrogen and oxygen atoms in total. The van der Waals surface area contributed by atoms with Gasteiger partial charge in [0.2, 0.25) is 0 Å². The first-order chi connectivity index (χ1) is 9.15. The summed E-state index contributed by atoms with van der Waals surface area (Å²) >= 11 is 0. The number of nitrogens with one attached hydrogen (secondary N) is 1. The van der Waals surface area contributed by atoms with Crippen LogP contribution in [0.3, 0.4) is 0 Å². The van der Waals surface area contributed by atoms with Crippen molar-refractivity contribution in [2.45, 2.75) is 40.5 Å². The summed E-state index contributed by atoms with van der Waals surface area (Å²) in [4.78, 5) is 5.20. The second-order valence-electron chi connectivity index (χ2n) is 6.39. The Hall–Kier alpha value is -0.120. The molecule has 19 heavy (non-hydrogen) atoms. The van der Waals surface area contributed by atoms with E-state index in [1.807, 2.05) is 0 Å². The van der Waals surface area contributed by atoms with Crippen LogP contribution in [0, 0.1) is 11.8 Å². The van der Waals surface area contributed by atoms with Gasteiger partial charge in [-0.1, -0.05) is 27.7 Å². The van der Waals surface area contributed by atoms with Gasteiger partial charge in [-0.2, -0.15) is 0 Å². The molecule has 0 saturated carbocycles. The zero-order valence-corrected chi connectivity index (χ0v) is 13.6. The van der Waals surface area contributed by atoms with Crippen molar-refractivity contribution in [1.29, 1.82) is 0 Å². The van der Waals surface area contributed by atoms with Crippen molar-refractivity contribution in [2.24, 2.45) is 11.8 Å². The molecule has 114 valence electrons. The van der Waals surface area contributed by atoms with E-state index in [2.05, 4.69) is 42.8 Å². The maximum atomic E-state index is 3.63. The molecule has 1 aliphatic rings. The first-order valence-corrected chi connectivity index (χ1v) is 8.31. The van der Waals surface area contributed by atoms with E-state index in [4.69, 9.17) is 0 Å². The Bertz CT molecular complexity index is 214. The smallest absolute Gasteiger partial charge is 0.0109 e. The fourth-order valence-electron chi connectivity index (χ4n) is 2.92. The van der Waals surface area contributed by atoms with E-state index >= 15 is 0 Å². The van der Waals surface area contributed by atoms with E-state index in [0.29, 0.717) is 0 Å². The van der Waals surface area contributed by atoms with Gasteiger partial charge in [-0.25, -0.2) is 0 Å². The Labute approximate surface area is 120 Å². The predicted molar refractivity (Wildman–Crippen MR) is 84.7 cm³/mol. The highest BCUT2D eigenvalue weighted by Gasteiger charge is 2.19. The highest BCUT2D eigenvalue weighted by Crippen LogP contribution is 2.15. The number of likely N-dealkylation sites (N-methyl/N-ethyl adjacent to an activating group) is 1. The molecule has 0 amide bonds. The maximum Gasteiger partial charge on any atom is 0.0109 e. The summed E-state index contributed by atoms with van der Waals surface area (Å²) in [5.41, 5.74) is 0.